The molecule has 0 saturated carbocycles. The van der Waals surface area contributed by atoms with E-state index in [1.54, 1.807) is 23.9 Å². The molecule has 0 bridgehead atoms. The Balaban J connectivity index is 2.76. The monoisotopic (exact) mass is 244 g/mol. The summed E-state index contributed by atoms with van der Waals surface area (Å²) in [5.74, 6) is -0.429. The molecule has 3 nitrogen and oxygen atoms in total. The van der Waals surface area contributed by atoms with Crippen LogP contribution in [0.5, 0.6) is 0 Å². The third-order valence-corrected chi connectivity index (χ3v) is 3.64. The van der Waals surface area contributed by atoms with E-state index in [2.05, 4.69) is 5.32 Å². The second-order valence-corrected chi connectivity index (χ2v) is 4.67. The Morgan fingerprint density at radius 2 is 2.25 bits per heavy atom. The van der Waals surface area contributed by atoms with Crippen molar-refractivity contribution in [1.29, 1.82) is 0 Å². The average molecular weight is 244 g/mol. The minimum absolute atomic E-state index is 0.0177. The van der Waals surface area contributed by atoms with Crippen molar-refractivity contribution in [2.24, 2.45) is 0 Å². The number of nitrogen functional groups attached to an aromatic ring is 1. The number of nitrogens with two attached hydrogens (primary N) is 1. The van der Waals surface area contributed by atoms with Crippen molar-refractivity contribution in [3.8, 4) is 0 Å². The minimum atomic E-state index is -0.429. The fourth-order valence-electron chi connectivity index (χ4n) is 1.44. The van der Waals surface area contributed by atoms with Crippen LogP contribution in [0.15, 0.2) is 18.2 Å². The van der Waals surface area contributed by atoms with Gasteiger partial charge < -0.3 is 16.2 Å². The molecule has 5 heteroatoms. The van der Waals surface area contributed by atoms with Crippen LogP contribution < -0.4 is 11.1 Å². The zero-order chi connectivity index (χ0) is 12.1. The molecule has 16 heavy (non-hydrogen) atoms. The lowest BCUT2D eigenvalue weighted by molar-refractivity contribution is 0.288. The number of aliphatic hydroxyl groups excluding tert-OH is 1. The average Bonchev–Trinajstić information content (AvgIpc) is 2.26. The van der Waals surface area contributed by atoms with Crippen LogP contribution in [-0.4, -0.2) is 29.3 Å². The van der Waals surface area contributed by atoms with E-state index >= 15 is 0 Å². The summed E-state index contributed by atoms with van der Waals surface area (Å²) in [6, 6.07) is 4.67. The fourth-order valence-corrected chi connectivity index (χ4v) is 2.06. The standard InChI is InChI=1S/C11H17FN2OS/c1-7(10(6-15)16-2)14-9-5-3-4-8(12)11(9)13/h3-5,7,10,14-15H,6,13H2,1-2H3. The third-order valence-electron chi connectivity index (χ3n) is 2.48. The van der Waals surface area contributed by atoms with Gasteiger partial charge in [0.15, 0.2) is 0 Å². The maximum Gasteiger partial charge on any atom is 0.148 e. The highest BCUT2D eigenvalue weighted by Gasteiger charge is 2.16. The predicted octanol–water partition coefficient (Wildman–Crippen LogP) is 1.93. The van der Waals surface area contributed by atoms with E-state index in [0.717, 1.165) is 0 Å². The van der Waals surface area contributed by atoms with Gasteiger partial charge in [-0.15, -0.1) is 0 Å². The van der Waals surface area contributed by atoms with Crippen molar-refractivity contribution in [1.82, 2.24) is 0 Å². The van der Waals surface area contributed by atoms with Crippen LogP contribution in [0.3, 0.4) is 0 Å². The van der Waals surface area contributed by atoms with Gasteiger partial charge in [0.2, 0.25) is 0 Å². The number of rotatable bonds is 5. The smallest absolute Gasteiger partial charge is 0.148 e. The number of halogens is 1. The summed E-state index contributed by atoms with van der Waals surface area (Å²) in [7, 11) is 0. The van der Waals surface area contributed by atoms with Gasteiger partial charge in [-0.05, 0) is 25.3 Å². The van der Waals surface area contributed by atoms with Crippen LogP contribution in [0.2, 0.25) is 0 Å². The number of benzene rings is 1. The highest BCUT2D eigenvalue weighted by Crippen LogP contribution is 2.23. The zero-order valence-electron chi connectivity index (χ0n) is 9.40. The first-order chi connectivity index (χ1) is 7.60. The Hall–Kier alpha value is -0.940. The molecule has 90 valence electrons. The van der Waals surface area contributed by atoms with Crippen molar-refractivity contribution in [3.63, 3.8) is 0 Å². The van der Waals surface area contributed by atoms with E-state index in [1.165, 1.54) is 6.07 Å². The summed E-state index contributed by atoms with van der Waals surface area (Å²) in [6.07, 6.45) is 1.92. The van der Waals surface area contributed by atoms with Crippen molar-refractivity contribution in [2.75, 3.05) is 23.9 Å². The van der Waals surface area contributed by atoms with E-state index in [9.17, 15) is 4.39 Å². The molecule has 0 heterocycles. The molecular formula is C11H17FN2OS. The number of nitrogens with one attached hydrogen (secondary N) is 1. The van der Waals surface area contributed by atoms with E-state index in [-0.39, 0.29) is 23.6 Å². The SMILES string of the molecule is CSC(CO)C(C)Nc1cccc(F)c1N. The van der Waals surface area contributed by atoms with Gasteiger partial charge in [0.25, 0.3) is 0 Å². The molecule has 0 fully saturated rings. The Kier molecular flexibility index (Phi) is 4.89. The minimum Gasteiger partial charge on any atom is -0.395 e. The molecule has 0 aliphatic carbocycles. The molecular weight excluding hydrogens is 227 g/mol. The first-order valence-corrected chi connectivity index (χ1v) is 6.33. The number of aliphatic hydroxyl groups is 1. The largest absolute Gasteiger partial charge is 0.395 e. The van der Waals surface area contributed by atoms with Gasteiger partial charge >= 0.3 is 0 Å². The topological polar surface area (TPSA) is 58.3 Å². The fraction of sp³-hybridized carbons (Fsp3) is 0.455. The number of anilines is 2. The van der Waals surface area contributed by atoms with Crippen LogP contribution in [0.25, 0.3) is 0 Å². The Morgan fingerprint density at radius 1 is 1.56 bits per heavy atom. The number of hydrogen-bond acceptors (Lipinski definition) is 4. The molecule has 0 aliphatic heterocycles. The lowest BCUT2D eigenvalue weighted by Gasteiger charge is -2.23. The molecule has 0 amide bonds. The zero-order valence-corrected chi connectivity index (χ0v) is 10.2. The first-order valence-electron chi connectivity index (χ1n) is 5.04. The molecule has 0 aromatic heterocycles. The van der Waals surface area contributed by atoms with Gasteiger partial charge in [-0.25, -0.2) is 4.39 Å². The van der Waals surface area contributed by atoms with E-state index in [0.29, 0.717) is 5.69 Å². The van der Waals surface area contributed by atoms with Crippen LogP contribution in [0, 0.1) is 5.82 Å². The second kappa shape index (κ2) is 5.96. The van der Waals surface area contributed by atoms with E-state index in [4.69, 9.17) is 10.8 Å². The maximum atomic E-state index is 13.2. The Morgan fingerprint density at radius 3 is 2.81 bits per heavy atom. The van der Waals surface area contributed by atoms with Crippen molar-refractivity contribution in [2.45, 2.75) is 18.2 Å². The lowest BCUT2D eigenvalue weighted by Crippen LogP contribution is -2.31. The van der Waals surface area contributed by atoms with Crippen LogP contribution in [0.1, 0.15) is 6.92 Å². The summed E-state index contributed by atoms with van der Waals surface area (Å²) < 4.78 is 13.2. The molecule has 0 spiro atoms. The van der Waals surface area contributed by atoms with Crippen molar-refractivity contribution < 1.29 is 9.50 Å². The van der Waals surface area contributed by atoms with Gasteiger partial charge in [0, 0.05) is 11.3 Å². The Bertz CT molecular complexity index is 345. The van der Waals surface area contributed by atoms with Crippen molar-refractivity contribution in [3.05, 3.63) is 24.0 Å². The van der Waals surface area contributed by atoms with Crippen molar-refractivity contribution >= 4 is 23.1 Å². The van der Waals surface area contributed by atoms with Gasteiger partial charge in [-0.3, -0.25) is 0 Å². The van der Waals surface area contributed by atoms with Gasteiger partial charge in [-0.1, -0.05) is 6.07 Å². The highest BCUT2D eigenvalue weighted by atomic mass is 32.2. The molecule has 1 aromatic carbocycles. The molecule has 4 N–H and O–H groups in total. The van der Waals surface area contributed by atoms with Gasteiger partial charge in [0.1, 0.15) is 5.82 Å². The second-order valence-electron chi connectivity index (χ2n) is 3.59. The summed E-state index contributed by atoms with van der Waals surface area (Å²) in [5, 5.41) is 12.3. The summed E-state index contributed by atoms with van der Waals surface area (Å²) in [6.45, 7) is 2.01. The summed E-state index contributed by atoms with van der Waals surface area (Å²) >= 11 is 1.56. The number of hydrogen-bond donors (Lipinski definition) is 3. The highest BCUT2D eigenvalue weighted by molar-refractivity contribution is 7.99. The van der Waals surface area contributed by atoms with Gasteiger partial charge in [-0.2, -0.15) is 11.8 Å². The third kappa shape index (κ3) is 3.02. The molecule has 2 atom stereocenters. The van der Waals surface area contributed by atoms with E-state index in [1.807, 2.05) is 13.2 Å². The predicted molar refractivity (Wildman–Crippen MR) is 68.3 cm³/mol. The summed E-state index contributed by atoms with van der Waals surface area (Å²) in [4.78, 5) is 0. The van der Waals surface area contributed by atoms with Gasteiger partial charge in [0.05, 0.1) is 18.0 Å². The molecule has 1 rings (SSSR count). The molecule has 0 aliphatic rings. The summed E-state index contributed by atoms with van der Waals surface area (Å²) in [5.41, 5.74) is 6.29. The normalized spacial score (nSPS) is 14.5. The number of thioether (sulfide) groups is 1. The van der Waals surface area contributed by atoms with E-state index < -0.39 is 5.82 Å². The maximum absolute atomic E-state index is 13.2. The first kappa shape index (κ1) is 13.1. The lowest BCUT2D eigenvalue weighted by atomic mass is 10.2. The van der Waals surface area contributed by atoms with Crippen LogP contribution >= 0.6 is 11.8 Å². The van der Waals surface area contributed by atoms with Crippen LogP contribution in [0.4, 0.5) is 15.8 Å². The quantitative estimate of drug-likeness (QED) is 0.693. The molecule has 2 unspecified atom stereocenters. The molecule has 0 radical (unpaired) electrons. The Labute approximate surface area is 99.2 Å². The molecule has 0 saturated heterocycles. The molecule has 1 aromatic rings. The van der Waals surface area contributed by atoms with Crippen LogP contribution in [-0.2, 0) is 0 Å². The number of para-hydroxylation sites is 1.